The molecule has 1 heterocycles. The van der Waals surface area contributed by atoms with Crippen LogP contribution >= 0.6 is 0 Å². The zero-order valence-electron chi connectivity index (χ0n) is 17.7. The molecule has 2 aromatic carbocycles. The molecule has 2 aromatic rings. The van der Waals surface area contributed by atoms with Crippen molar-refractivity contribution in [2.75, 3.05) is 4.90 Å². The summed E-state index contributed by atoms with van der Waals surface area (Å²) in [6.07, 6.45) is -3.49. The number of carbonyl (C=O) groups is 2. The number of nitrogens with zero attached hydrogens (tertiary/aromatic N) is 1. The van der Waals surface area contributed by atoms with Gasteiger partial charge < -0.3 is 0 Å². The molecule has 4 rings (SSSR count). The maximum Gasteiger partial charge on any atom is 0.416 e. The van der Waals surface area contributed by atoms with E-state index in [-0.39, 0.29) is 23.5 Å². The second-order valence-corrected chi connectivity index (χ2v) is 9.25. The quantitative estimate of drug-likeness (QED) is 0.574. The zero-order valence-corrected chi connectivity index (χ0v) is 17.7. The molecule has 162 valence electrons. The van der Waals surface area contributed by atoms with E-state index >= 15 is 0 Å². The van der Waals surface area contributed by atoms with E-state index in [4.69, 9.17) is 0 Å². The van der Waals surface area contributed by atoms with Crippen LogP contribution in [0.4, 0.5) is 18.9 Å². The van der Waals surface area contributed by atoms with E-state index in [1.54, 1.807) is 4.90 Å². The van der Waals surface area contributed by atoms with E-state index in [0.29, 0.717) is 35.4 Å². The Morgan fingerprint density at radius 3 is 2.29 bits per heavy atom. The monoisotopic (exact) mass is 427 g/mol. The van der Waals surface area contributed by atoms with Crippen LogP contribution in [0, 0.1) is 12.3 Å². The second-order valence-electron chi connectivity index (χ2n) is 9.25. The molecule has 1 aliphatic carbocycles. The lowest BCUT2D eigenvalue weighted by atomic mass is 9.69. The summed E-state index contributed by atoms with van der Waals surface area (Å²) in [5.74, 6) is -0.726. The van der Waals surface area contributed by atoms with Gasteiger partial charge in [-0.25, -0.2) is 0 Å². The number of aryl methyl sites for hydroxylation is 1. The van der Waals surface area contributed by atoms with Gasteiger partial charge in [0.15, 0.2) is 5.78 Å². The SMILES string of the molecule is Cc1cccc(N2C(=O)CC(c3ccc(C(F)(F)F)cc3)C3=C2CC(C)(C)CC3=O)c1. The van der Waals surface area contributed by atoms with Gasteiger partial charge in [0.1, 0.15) is 0 Å². The molecule has 1 atom stereocenters. The number of halogens is 3. The van der Waals surface area contributed by atoms with Crippen molar-refractivity contribution in [3.8, 4) is 0 Å². The number of alkyl halides is 3. The molecule has 1 aliphatic heterocycles. The van der Waals surface area contributed by atoms with Gasteiger partial charge in [-0.3, -0.25) is 14.5 Å². The van der Waals surface area contributed by atoms with Crippen LogP contribution in [0.25, 0.3) is 0 Å². The highest BCUT2D eigenvalue weighted by molar-refractivity contribution is 6.07. The topological polar surface area (TPSA) is 37.4 Å². The number of ketones is 1. The number of anilines is 1. The molecule has 0 saturated carbocycles. The van der Waals surface area contributed by atoms with Gasteiger partial charge in [-0.1, -0.05) is 38.1 Å². The summed E-state index contributed by atoms with van der Waals surface area (Å²) in [5, 5.41) is 0. The van der Waals surface area contributed by atoms with E-state index < -0.39 is 17.7 Å². The smallest absolute Gasteiger partial charge is 0.294 e. The Morgan fingerprint density at radius 1 is 1.00 bits per heavy atom. The molecule has 3 nitrogen and oxygen atoms in total. The largest absolute Gasteiger partial charge is 0.416 e. The third-order valence-electron chi connectivity index (χ3n) is 6.04. The first-order chi connectivity index (χ1) is 14.5. The van der Waals surface area contributed by atoms with Crippen molar-refractivity contribution in [1.29, 1.82) is 0 Å². The molecule has 0 fully saturated rings. The van der Waals surface area contributed by atoms with Gasteiger partial charge in [0.2, 0.25) is 5.91 Å². The molecule has 6 heteroatoms. The van der Waals surface area contributed by atoms with Crippen LogP contribution in [-0.2, 0) is 15.8 Å². The van der Waals surface area contributed by atoms with Crippen molar-refractivity contribution in [1.82, 2.24) is 0 Å². The second kappa shape index (κ2) is 7.36. The van der Waals surface area contributed by atoms with Crippen molar-refractivity contribution in [3.63, 3.8) is 0 Å². The van der Waals surface area contributed by atoms with Crippen molar-refractivity contribution >= 4 is 17.4 Å². The van der Waals surface area contributed by atoms with Gasteiger partial charge in [-0.15, -0.1) is 0 Å². The predicted molar refractivity (Wildman–Crippen MR) is 113 cm³/mol. The molecule has 31 heavy (non-hydrogen) atoms. The maximum absolute atomic E-state index is 13.3. The van der Waals surface area contributed by atoms with Gasteiger partial charge in [0.25, 0.3) is 0 Å². The molecule has 0 N–H and O–H groups in total. The summed E-state index contributed by atoms with van der Waals surface area (Å²) in [5.41, 5.74) is 2.46. The Balaban J connectivity index is 1.85. The van der Waals surface area contributed by atoms with Crippen molar-refractivity contribution in [2.24, 2.45) is 5.41 Å². The Labute approximate surface area is 179 Å². The third kappa shape index (κ3) is 4.03. The zero-order chi connectivity index (χ0) is 22.6. The highest BCUT2D eigenvalue weighted by Crippen LogP contribution is 2.48. The minimum absolute atomic E-state index is 0.0405. The molecule has 0 saturated heterocycles. The van der Waals surface area contributed by atoms with Crippen molar-refractivity contribution in [2.45, 2.75) is 52.1 Å². The van der Waals surface area contributed by atoms with E-state index in [0.717, 1.165) is 17.7 Å². The number of benzene rings is 2. The Morgan fingerprint density at radius 2 is 1.68 bits per heavy atom. The lowest BCUT2D eigenvalue weighted by molar-refractivity contribution is -0.137. The Hall–Kier alpha value is -2.89. The summed E-state index contributed by atoms with van der Waals surface area (Å²) >= 11 is 0. The Bertz CT molecular complexity index is 1080. The summed E-state index contributed by atoms with van der Waals surface area (Å²) < 4.78 is 39.0. The van der Waals surface area contributed by atoms with E-state index in [2.05, 4.69) is 0 Å². The molecular weight excluding hydrogens is 403 g/mol. The number of allylic oxidation sites excluding steroid dienone is 2. The van der Waals surface area contributed by atoms with Gasteiger partial charge in [0.05, 0.1) is 5.56 Å². The van der Waals surface area contributed by atoms with Crippen LogP contribution in [0.5, 0.6) is 0 Å². The van der Waals surface area contributed by atoms with E-state index in [1.165, 1.54) is 12.1 Å². The van der Waals surface area contributed by atoms with Gasteiger partial charge in [-0.05, 0) is 54.2 Å². The lowest BCUT2D eigenvalue weighted by Crippen LogP contribution is -2.43. The third-order valence-corrected chi connectivity index (χ3v) is 6.04. The number of hydrogen-bond donors (Lipinski definition) is 0. The minimum Gasteiger partial charge on any atom is -0.294 e. The number of amides is 1. The minimum atomic E-state index is -4.43. The summed E-state index contributed by atoms with van der Waals surface area (Å²) in [4.78, 5) is 28.2. The van der Waals surface area contributed by atoms with Crippen molar-refractivity contribution in [3.05, 3.63) is 76.5 Å². The highest BCUT2D eigenvalue weighted by Gasteiger charge is 2.44. The predicted octanol–water partition coefficient (Wildman–Crippen LogP) is 6.18. The molecule has 0 spiro atoms. The van der Waals surface area contributed by atoms with Crippen LogP contribution in [-0.4, -0.2) is 11.7 Å². The first kappa shape index (κ1) is 21.3. The molecule has 1 amide bonds. The van der Waals surface area contributed by atoms with E-state index in [1.807, 2.05) is 45.0 Å². The summed E-state index contributed by atoms with van der Waals surface area (Å²) in [6.45, 7) is 5.93. The van der Waals surface area contributed by atoms with Crippen LogP contribution in [0.15, 0.2) is 59.8 Å². The van der Waals surface area contributed by atoms with Crippen LogP contribution in [0.2, 0.25) is 0 Å². The number of Topliss-reactive ketones (excluding diaryl/α,β-unsaturated/α-hetero) is 1. The first-order valence-electron chi connectivity index (χ1n) is 10.3. The fourth-order valence-electron chi connectivity index (χ4n) is 4.67. The average Bonchev–Trinajstić information content (AvgIpc) is 2.65. The Kier molecular flexibility index (Phi) is 5.07. The van der Waals surface area contributed by atoms with Gasteiger partial charge in [-0.2, -0.15) is 13.2 Å². The fraction of sp³-hybridized carbons (Fsp3) is 0.360. The molecule has 2 aliphatic rings. The standard InChI is InChI=1S/C25H24F3NO2/c1-15-5-4-6-18(11-15)29-20-13-24(2,3)14-21(30)23(20)19(12-22(29)31)16-7-9-17(10-8-16)25(26,27)28/h4-11,19H,12-14H2,1-3H3. The van der Waals surface area contributed by atoms with E-state index in [9.17, 15) is 22.8 Å². The molecule has 1 unspecified atom stereocenters. The first-order valence-corrected chi connectivity index (χ1v) is 10.3. The summed E-state index contributed by atoms with van der Waals surface area (Å²) in [6, 6.07) is 12.4. The molecular formula is C25H24F3NO2. The fourth-order valence-corrected chi connectivity index (χ4v) is 4.67. The van der Waals surface area contributed by atoms with Crippen LogP contribution in [0.3, 0.4) is 0 Å². The van der Waals surface area contributed by atoms with Crippen LogP contribution in [0.1, 0.15) is 55.7 Å². The molecule has 0 aromatic heterocycles. The normalized spacial score (nSPS) is 21.4. The number of rotatable bonds is 2. The lowest BCUT2D eigenvalue weighted by Gasteiger charge is -2.43. The highest BCUT2D eigenvalue weighted by atomic mass is 19.4. The number of carbonyl (C=O) groups excluding carboxylic acids is 2. The average molecular weight is 427 g/mol. The number of hydrogen-bond acceptors (Lipinski definition) is 2. The summed E-state index contributed by atoms with van der Waals surface area (Å²) in [7, 11) is 0. The maximum atomic E-state index is 13.3. The van der Waals surface area contributed by atoms with Gasteiger partial charge in [0, 0.05) is 35.7 Å². The van der Waals surface area contributed by atoms with Crippen LogP contribution < -0.4 is 4.90 Å². The molecule has 0 radical (unpaired) electrons. The van der Waals surface area contributed by atoms with Crippen molar-refractivity contribution < 1.29 is 22.8 Å². The van der Waals surface area contributed by atoms with Gasteiger partial charge >= 0.3 is 6.18 Å². The molecule has 0 bridgehead atoms.